The zero-order valence-corrected chi connectivity index (χ0v) is 10.7. The molecule has 1 N–H and O–H groups in total. The van der Waals surface area contributed by atoms with Crippen LogP contribution in [0.5, 0.6) is 0 Å². The Labute approximate surface area is 103 Å². The van der Waals surface area contributed by atoms with Crippen molar-refractivity contribution in [2.45, 2.75) is 51.6 Å². The first-order chi connectivity index (χ1) is 8.15. The fourth-order valence-electron chi connectivity index (χ4n) is 2.79. The first-order valence-corrected chi connectivity index (χ1v) is 6.66. The molecule has 0 radical (unpaired) electrons. The number of hydrogen-bond donors (Lipinski definition) is 1. The minimum Gasteiger partial charge on any atom is -0.307 e. The van der Waals surface area contributed by atoms with Crippen molar-refractivity contribution < 1.29 is 4.39 Å². The zero-order valence-electron chi connectivity index (χ0n) is 10.7. The van der Waals surface area contributed by atoms with Crippen LogP contribution in [0.1, 0.15) is 51.1 Å². The lowest BCUT2D eigenvalue weighted by atomic mass is 9.86. The standard InChI is InChI=1S/C15H22FN/c1-11-4-3-5-15(10-11)17-12(2)13-6-8-14(16)9-7-13/h6-9,11-12,15,17H,3-5,10H2,1-2H3. The Hall–Kier alpha value is -0.890. The molecule has 1 saturated carbocycles. The summed E-state index contributed by atoms with van der Waals surface area (Å²) in [7, 11) is 0. The molecule has 1 nitrogen and oxygen atoms in total. The van der Waals surface area contributed by atoms with Crippen LogP contribution in [0.15, 0.2) is 24.3 Å². The second kappa shape index (κ2) is 5.63. The van der Waals surface area contributed by atoms with E-state index in [-0.39, 0.29) is 5.82 Å². The molecule has 1 aliphatic carbocycles. The molecule has 0 spiro atoms. The predicted octanol–water partition coefficient (Wildman–Crippen LogP) is 4.06. The average Bonchev–Trinajstić information content (AvgIpc) is 2.29. The van der Waals surface area contributed by atoms with Crippen molar-refractivity contribution in [1.29, 1.82) is 0 Å². The summed E-state index contributed by atoms with van der Waals surface area (Å²) in [5.41, 5.74) is 1.17. The number of benzene rings is 1. The van der Waals surface area contributed by atoms with Gasteiger partial charge in [-0.05, 0) is 43.4 Å². The van der Waals surface area contributed by atoms with Gasteiger partial charge >= 0.3 is 0 Å². The highest BCUT2D eigenvalue weighted by Gasteiger charge is 2.20. The van der Waals surface area contributed by atoms with Crippen molar-refractivity contribution in [3.63, 3.8) is 0 Å². The molecule has 1 aromatic carbocycles. The Morgan fingerprint density at radius 2 is 1.94 bits per heavy atom. The molecule has 2 heteroatoms. The van der Waals surface area contributed by atoms with Gasteiger partial charge in [0.05, 0.1) is 0 Å². The molecular formula is C15H22FN. The molecule has 2 rings (SSSR count). The SMILES string of the molecule is CC1CCCC(NC(C)c2ccc(F)cc2)C1. The van der Waals surface area contributed by atoms with Gasteiger partial charge in [-0.25, -0.2) is 4.39 Å². The third kappa shape index (κ3) is 3.53. The van der Waals surface area contributed by atoms with Crippen LogP contribution in [-0.2, 0) is 0 Å². The van der Waals surface area contributed by atoms with E-state index in [1.165, 1.54) is 43.4 Å². The van der Waals surface area contributed by atoms with Gasteiger partial charge in [-0.3, -0.25) is 0 Å². The van der Waals surface area contributed by atoms with Gasteiger partial charge in [0, 0.05) is 12.1 Å². The van der Waals surface area contributed by atoms with E-state index in [1.807, 2.05) is 12.1 Å². The van der Waals surface area contributed by atoms with E-state index in [0.717, 1.165) is 5.92 Å². The first-order valence-electron chi connectivity index (χ1n) is 6.66. The fraction of sp³-hybridized carbons (Fsp3) is 0.600. The molecule has 0 aromatic heterocycles. The maximum absolute atomic E-state index is 12.8. The molecule has 3 unspecified atom stereocenters. The lowest BCUT2D eigenvalue weighted by molar-refractivity contribution is 0.285. The molecule has 1 aliphatic rings. The third-order valence-electron chi connectivity index (χ3n) is 3.79. The lowest BCUT2D eigenvalue weighted by Gasteiger charge is -2.30. The van der Waals surface area contributed by atoms with Gasteiger partial charge in [0.15, 0.2) is 0 Å². The Kier molecular flexibility index (Phi) is 4.16. The minimum atomic E-state index is -0.160. The molecule has 0 saturated heterocycles. The Morgan fingerprint density at radius 3 is 2.59 bits per heavy atom. The van der Waals surface area contributed by atoms with Crippen molar-refractivity contribution in [3.05, 3.63) is 35.6 Å². The molecule has 0 bridgehead atoms. The van der Waals surface area contributed by atoms with Crippen LogP contribution in [0.25, 0.3) is 0 Å². The highest BCUT2D eigenvalue weighted by Crippen LogP contribution is 2.25. The summed E-state index contributed by atoms with van der Waals surface area (Å²) in [6.45, 7) is 4.49. The largest absolute Gasteiger partial charge is 0.307 e. The highest BCUT2D eigenvalue weighted by atomic mass is 19.1. The Morgan fingerprint density at radius 1 is 1.24 bits per heavy atom. The van der Waals surface area contributed by atoms with Crippen LogP contribution in [0, 0.1) is 11.7 Å². The molecule has 1 aromatic rings. The van der Waals surface area contributed by atoms with E-state index in [0.29, 0.717) is 12.1 Å². The van der Waals surface area contributed by atoms with Crippen molar-refractivity contribution in [2.75, 3.05) is 0 Å². The summed E-state index contributed by atoms with van der Waals surface area (Å²) in [4.78, 5) is 0. The summed E-state index contributed by atoms with van der Waals surface area (Å²) >= 11 is 0. The van der Waals surface area contributed by atoms with Crippen molar-refractivity contribution >= 4 is 0 Å². The summed E-state index contributed by atoms with van der Waals surface area (Å²) in [5, 5.41) is 3.66. The number of rotatable bonds is 3. The van der Waals surface area contributed by atoms with Crippen LogP contribution in [-0.4, -0.2) is 6.04 Å². The maximum atomic E-state index is 12.8. The fourth-order valence-corrected chi connectivity index (χ4v) is 2.79. The molecule has 17 heavy (non-hydrogen) atoms. The summed E-state index contributed by atoms with van der Waals surface area (Å²) in [6.07, 6.45) is 5.24. The molecule has 1 fully saturated rings. The van der Waals surface area contributed by atoms with Gasteiger partial charge in [-0.15, -0.1) is 0 Å². The van der Waals surface area contributed by atoms with Gasteiger partial charge in [0.1, 0.15) is 5.82 Å². The average molecular weight is 235 g/mol. The van der Waals surface area contributed by atoms with Crippen molar-refractivity contribution in [1.82, 2.24) is 5.32 Å². The van der Waals surface area contributed by atoms with E-state index < -0.39 is 0 Å². The van der Waals surface area contributed by atoms with Crippen molar-refractivity contribution in [3.8, 4) is 0 Å². The van der Waals surface area contributed by atoms with Crippen LogP contribution in [0.3, 0.4) is 0 Å². The van der Waals surface area contributed by atoms with E-state index in [2.05, 4.69) is 19.2 Å². The monoisotopic (exact) mass is 235 g/mol. The van der Waals surface area contributed by atoms with Crippen LogP contribution in [0.2, 0.25) is 0 Å². The third-order valence-corrected chi connectivity index (χ3v) is 3.79. The molecule has 0 aliphatic heterocycles. The number of halogens is 1. The Balaban J connectivity index is 1.91. The van der Waals surface area contributed by atoms with Crippen LogP contribution < -0.4 is 5.32 Å². The molecular weight excluding hydrogens is 213 g/mol. The zero-order chi connectivity index (χ0) is 12.3. The van der Waals surface area contributed by atoms with Gasteiger partial charge in [0.2, 0.25) is 0 Å². The van der Waals surface area contributed by atoms with Gasteiger partial charge < -0.3 is 5.32 Å². The highest BCUT2D eigenvalue weighted by molar-refractivity contribution is 5.19. The van der Waals surface area contributed by atoms with E-state index in [9.17, 15) is 4.39 Å². The number of hydrogen-bond acceptors (Lipinski definition) is 1. The van der Waals surface area contributed by atoms with E-state index in [4.69, 9.17) is 0 Å². The predicted molar refractivity (Wildman–Crippen MR) is 69.4 cm³/mol. The van der Waals surface area contributed by atoms with Crippen molar-refractivity contribution in [2.24, 2.45) is 5.92 Å². The van der Waals surface area contributed by atoms with Gasteiger partial charge in [-0.1, -0.05) is 31.9 Å². The molecule has 0 heterocycles. The second-order valence-electron chi connectivity index (χ2n) is 5.41. The normalized spacial score (nSPS) is 26.8. The number of nitrogens with one attached hydrogen (secondary N) is 1. The molecule has 3 atom stereocenters. The maximum Gasteiger partial charge on any atom is 0.123 e. The summed E-state index contributed by atoms with van der Waals surface area (Å²) in [6, 6.07) is 7.76. The minimum absolute atomic E-state index is 0.160. The summed E-state index contributed by atoms with van der Waals surface area (Å²) < 4.78 is 12.8. The second-order valence-corrected chi connectivity index (χ2v) is 5.41. The van der Waals surface area contributed by atoms with Crippen LogP contribution in [0.4, 0.5) is 4.39 Å². The quantitative estimate of drug-likeness (QED) is 0.833. The first kappa shape index (κ1) is 12.6. The smallest absolute Gasteiger partial charge is 0.123 e. The lowest BCUT2D eigenvalue weighted by Crippen LogP contribution is -2.35. The summed E-state index contributed by atoms with van der Waals surface area (Å²) in [5.74, 6) is 0.675. The topological polar surface area (TPSA) is 12.0 Å². The van der Waals surface area contributed by atoms with E-state index in [1.54, 1.807) is 0 Å². The van der Waals surface area contributed by atoms with Gasteiger partial charge in [0.25, 0.3) is 0 Å². The Bertz CT molecular complexity index is 346. The van der Waals surface area contributed by atoms with Gasteiger partial charge in [-0.2, -0.15) is 0 Å². The van der Waals surface area contributed by atoms with E-state index >= 15 is 0 Å². The van der Waals surface area contributed by atoms with Crippen LogP contribution >= 0.6 is 0 Å². The molecule has 94 valence electrons. The molecule has 0 amide bonds.